The first kappa shape index (κ1) is 21.2. The van der Waals surface area contributed by atoms with Crippen LogP contribution in [0.25, 0.3) is 0 Å². The van der Waals surface area contributed by atoms with Gasteiger partial charge in [0, 0.05) is 0 Å². The van der Waals surface area contributed by atoms with Gasteiger partial charge in [-0.1, -0.05) is 19.9 Å². The summed E-state index contributed by atoms with van der Waals surface area (Å²) in [6, 6.07) is 8.39. The van der Waals surface area contributed by atoms with Crippen LogP contribution in [0.3, 0.4) is 0 Å². The Kier molecular flexibility index (Phi) is 6.95. The van der Waals surface area contributed by atoms with Crippen LogP contribution in [0, 0.1) is 5.92 Å². The fraction of sp³-hybridized carbons (Fsp3) is 0.381. The maximum Gasteiger partial charge on any atom is 0.287 e. The highest BCUT2D eigenvalue weighted by molar-refractivity contribution is 5.94. The summed E-state index contributed by atoms with van der Waals surface area (Å²) in [7, 11) is 0. The maximum absolute atomic E-state index is 12.4. The summed E-state index contributed by atoms with van der Waals surface area (Å²) in [6.07, 6.45) is 1.37. The third-order valence-electron chi connectivity index (χ3n) is 4.51. The van der Waals surface area contributed by atoms with Crippen molar-refractivity contribution in [2.24, 2.45) is 5.92 Å². The van der Waals surface area contributed by atoms with Crippen LogP contribution in [-0.4, -0.2) is 44.0 Å². The average Bonchev–Trinajstić information content (AvgIpc) is 3.29. The predicted octanol–water partition coefficient (Wildman–Crippen LogP) is 1.41. The molecule has 0 bridgehead atoms. The first-order chi connectivity index (χ1) is 14.4. The Morgan fingerprint density at radius 2 is 1.70 bits per heavy atom. The molecule has 0 spiro atoms. The topological polar surface area (TPSA) is 119 Å². The molecule has 1 aliphatic rings. The summed E-state index contributed by atoms with van der Waals surface area (Å²) < 4.78 is 16.1. The summed E-state index contributed by atoms with van der Waals surface area (Å²) in [5.41, 5.74) is 0.889. The van der Waals surface area contributed by atoms with E-state index in [0.29, 0.717) is 24.7 Å². The zero-order valence-electron chi connectivity index (χ0n) is 16.9. The van der Waals surface area contributed by atoms with Crippen molar-refractivity contribution in [1.29, 1.82) is 0 Å². The molecule has 3 N–H and O–H groups in total. The van der Waals surface area contributed by atoms with Gasteiger partial charge in [-0.05, 0) is 35.7 Å². The number of ether oxygens (including phenoxy) is 2. The van der Waals surface area contributed by atoms with E-state index in [-0.39, 0.29) is 36.7 Å². The standard InChI is InChI=1S/C21H25N3O6/c1-13(2)20(14-5-6-15-17(10-14)30-9-8-29-15)24-19(26)12-22-18(25)11-23-21(27)16-4-3-7-28-16/h3-7,10,13,20H,8-9,11-12H2,1-2H3,(H,22,25)(H,23,27)(H,24,26)/t20-/m1/s1. The molecule has 0 saturated carbocycles. The molecule has 30 heavy (non-hydrogen) atoms. The van der Waals surface area contributed by atoms with Crippen LogP contribution in [0.4, 0.5) is 0 Å². The van der Waals surface area contributed by atoms with Gasteiger partial charge in [-0.15, -0.1) is 0 Å². The van der Waals surface area contributed by atoms with Crippen molar-refractivity contribution >= 4 is 17.7 Å². The van der Waals surface area contributed by atoms with Gasteiger partial charge in [-0.2, -0.15) is 0 Å². The molecule has 0 fully saturated rings. The normalized spacial score (nSPS) is 13.4. The minimum Gasteiger partial charge on any atom is -0.486 e. The lowest BCUT2D eigenvalue weighted by molar-refractivity contribution is -0.126. The summed E-state index contributed by atoms with van der Waals surface area (Å²) in [6.45, 7) is 4.51. The lowest BCUT2D eigenvalue weighted by Gasteiger charge is -2.25. The smallest absolute Gasteiger partial charge is 0.287 e. The monoisotopic (exact) mass is 415 g/mol. The molecule has 0 unspecified atom stereocenters. The van der Waals surface area contributed by atoms with Gasteiger partial charge in [-0.3, -0.25) is 14.4 Å². The van der Waals surface area contributed by atoms with Crippen LogP contribution in [0.15, 0.2) is 41.0 Å². The number of hydrogen-bond acceptors (Lipinski definition) is 6. The van der Waals surface area contributed by atoms with Gasteiger partial charge in [0.2, 0.25) is 11.8 Å². The number of carbonyl (C=O) groups excluding carboxylic acids is 3. The quantitative estimate of drug-likeness (QED) is 0.600. The molecule has 0 radical (unpaired) electrons. The van der Waals surface area contributed by atoms with Crippen molar-refractivity contribution in [2.45, 2.75) is 19.9 Å². The highest BCUT2D eigenvalue weighted by Gasteiger charge is 2.21. The van der Waals surface area contributed by atoms with Gasteiger partial charge >= 0.3 is 0 Å². The number of carbonyl (C=O) groups is 3. The van der Waals surface area contributed by atoms with E-state index >= 15 is 0 Å². The average molecular weight is 415 g/mol. The van der Waals surface area contributed by atoms with Crippen molar-refractivity contribution < 1.29 is 28.3 Å². The van der Waals surface area contributed by atoms with Crippen LogP contribution < -0.4 is 25.4 Å². The molecule has 160 valence electrons. The van der Waals surface area contributed by atoms with Crippen LogP contribution in [-0.2, 0) is 9.59 Å². The van der Waals surface area contributed by atoms with E-state index in [4.69, 9.17) is 13.9 Å². The second kappa shape index (κ2) is 9.82. The number of nitrogens with one attached hydrogen (secondary N) is 3. The number of fused-ring (bicyclic) bond motifs is 1. The molecule has 1 atom stereocenters. The van der Waals surface area contributed by atoms with Gasteiger partial charge in [0.1, 0.15) is 13.2 Å². The minimum absolute atomic E-state index is 0.111. The molecule has 9 heteroatoms. The first-order valence-corrected chi connectivity index (χ1v) is 9.71. The lowest BCUT2D eigenvalue weighted by atomic mass is 9.95. The molecular weight excluding hydrogens is 390 g/mol. The molecule has 1 aromatic carbocycles. The highest BCUT2D eigenvalue weighted by Crippen LogP contribution is 2.34. The van der Waals surface area contributed by atoms with Crippen molar-refractivity contribution in [3.05, 3.63) is 47.9 Å². The van der Waals surface area contributed by atoms with Crippen molar-refractivity contribution in [2.75, 3.05) is 26.3 Å². The minimum atomic E-state index is -0.502. The molecule has 1 aliphatic heterocycles. The van der Waals surface area contributed by atoms with E-state index in [1.807, 2.05) is 32.0 Å². The Hall–Kier alpha value is -3.49. The zero-order chi connectivity index (χ0) is 21.5. The largest absolute Gasteiger partial charge is 0.486 e. The zero-order valence-corrected chi connectivity index (χ0v) is 16.9. The fourth-order valence-electron chi connectivity index (χ4n) is 3.01. The Balaban J connectivity index is 1.49. The van der Waals surface area contributed by atoms with Crippen LogP contribution in [0.5, 0.6) is 11.5 Å². The van der Waals surface area contributed by atoms with Crippen LogP contribution in [0.2, 0.25) is 0 Å². The molecule has 3 rings (SSSR count). The Morgan fingerprint density at radius 1 is 0.967 bits per heavy atom. The van der Waals surface area contributed by atoms with Crippen LogP contribution in [0.1, 0.15) is 36.0 Å². The third-order valence-corrected chi connectivity index (χ3v) is 4.51. The second-order valence-corrected chi connectivity index (χ2v) is 7.13. The summed E-state index contributed by atoms with van der Waals surface area (Å²) in [5, 5.41) is 7.84. The predicted molar refractivity (Wildman–Crippen MR) is 107 cm³/mol. The van der Waals surface area contributed by atoms with Gasteiger partial charge in [0.25, 0.3) is 5.91 Å². The Bertz CT molecular complexity index is 894. The summed E-state index contributed by atoms with van der Waals surface area (Å²) in [5.74, 6) is 0.236. The maximum atomic E-state index is 12.4. The van der Waals surface area contributed by atoms with Crippen LogP contribution >= 0.6 is 0 Å². The third kappa shape index (κ3) is 5.53. The van der Waals surface area contributed by atoms with Gasteiger partial charge in [0.05, 0.1) is 25.4 Å². The fourth-order valence-corrected chi connectivity index (χ4v) is 3.01. The molecule has 2 heterocycles. The SMILES string of the molecule is CC(C)[C@@H](NC(=O)CNC(=O)CNC(=O)c1ccco1)c1ccc2c(c1)OCCO2. The van der Waals surface area contributed by atoms with Gasteiger partial charge in [0.15, 0.2) is 17.3 Å². The summed E-state index contributed by atoms with van der Waals surface area (Å²) in [4.78, 5) is 36.0. The number of amides is 3. The number of benzene rings is 1. The Morgan fingerprint density at radius 3 is 2.40 bits per heavy atom. The van der Waals surface area contributed by atoms with Gasteiger partial charge in [-0.25, -0.2) is 0 Å². The molecule has 3 amide bonds. The van der Waals surface area contributed by atoms with E-state index in [1.165, 1.54) is 12.3 Å². The highest BCUT2D eigenvalue weighted by atomic mass is 16.6. The number of hydrogen-bond donors (Lipinski definition) is 3. The number of furan rings is 1. The van der Waals surface area contributed by atoms with E-state index in [9.17, 15) is 14.4 Å². The molecule has 2 aromatic rings. The second-order valence-electron chi connectivity index (χ2n) is 7.13. The molecule has 9 nitrogen and oxygen atoms in total. The van der Waals surface area contributed by atoms with E-state index in [0.717, 1.165) is 5.56 Å². The van der Waals surface area contributed by atoms with E-state index in [1.54, 1.807) is 6.07 Å². The molecule has 0 aliphatic carbocycles. The van der Waals surface area contributed by atoms with Crippen molar-refractivity contribution in [3.8, 4) is 11.5 Å². The van der Waals surface area contributed by atoms with Gasteiger partial charge < -0.3 is 29.8 Å². The van der Waals surface area contributed by atoms with Crippen molar-refractivity contribution in [1.82, 2.24) is 16.0 Å². The molecular formula is C21H25N3O6. The Labute approximate surface area is 174 Å². The summed E-state index contributed by atoms with van der Waals surface area (Å²) >= 11 is 0. The lowest BCUT2D eigenvalue weighted by Crippen LogP contribution is -2.43. The first-order valence-electron chi connectivity index (χ1n) is 9.71. The molecule has 1 aromatic heterocycles. The van der Waals surface area contributed by atoms with Crippen molar-refractivity contribution in [3.63, 3.8) is 0 Å². The number of rotatable bonds is 8. The molecule has 0 saturated heterocycles. The van der Waals surface area contributed by atoms with E-state index < -0.39 is 11.8 Å². The van der Waals surface area contributed by atoms with E-state index in [2.05, 4.69) is 16.0 Å².